The lowest BCUT2D eigenvalue weighted by Gasteiger charge is -2.23. The Morgan fingerprint density at radius 1 is 1.10 bits per heavy atom. The lowest BCUT2D eigenvalue weighted by molar-refractivity contribution is 0.0998. The quantitative estimate of drug-likeness (QED) is 0.653. The zero-order valence-corrected chi connectivity index (χ0v) is 16.6. The number of pyridine rings is 1. The summed E-state index contributed by atoms with van der Waals surface area (Å²) in [6.45, 7) is 2.22. The SMILES string of the molecule is CC[C@H](c1ccccc1C(N)=O)C1[C@H]2CC(Oc3ccnc4ccccc34)C[C@H]12. The van der Waals surface area contributed by atoms with Crippen LogP contribution in [-0.4, -0.2) is 17.0 Å². The molecule has 0 unspecified atom stereocenters. The van der Waals surface area contributed by atoms with E-state index < -0.39 is 0 Å². The van der Waals surface area contributed by atoms with E-state index in [4.69, 9.17) is 10.5 Å². The largest absolute Gasteiger partial charge is 0.490 e. The van der Waals surface area contributed by atoms with Gasteiger partial charge in [-0.25, -0.2) is 0 Å². The molecule has 0 spiro atoms. The average molecular weight is 386 g/mol. The highest BCUT2D eigenvalue weighted by Gasteiger charge is 2.59. The Morgan fingerprint density at radius 2 is 1.83 bits per heavy atom. The van der Waals surface area contributed by atoms with Crippen molar-refractivity contribution in [2.75, 3.05) is 0 Å². The summed E-state index contributed by atoms with van der Waals surface area (Å²) in [4.78, 5) is 16.3. The molecule has 5 rings (SSSR count). The molecule has 0 bridgehead atoms. The average Bonchev–Trinajstić information content (AvgIpc) is 3.22. The number of ether oxygens (including phenoxy) is 1. The summed E-state index contributed by atoms with van der Waals surface area (Å²) in [7, 11) is 0. The molecule has 3 aromatic rings. The Hall–Kier alpha value is -2.88. The number of fused-ring (bicyclic) bond motifs is 2. The molecule has 2 aliphatic carbocycles. The molecular weight excluding hydrogens is 360 g/mol. The van der Waals surface area contributed by atoms with Crippen LogP contribution in [0, 0.1) is 17.8 Å². The second-order valence-corrected chi connectivity index (χ2v) is 8.41. The van der Waals surface area contributed by atoms with Gasteiger partial charge in [0.2, 0.25) is 5.91 Å². The Kier molecular flexibility index (Phi) is 4.50. The van der Waals surface area contributed by atoms with E-state index in [1.165, 1.54) is 0 Å². The summed E-state index contributed by atoms with van der Waals surface area (Å²) in [5, 5.41) is 1.08. The Labute approximate surface area is 171 Å². The van der Waals surface area contributed by atoms with Crippen molar-refractivity contribution in [2.24, 2.45) is 23.5 Å². The highest BCUT2D eigenvalue weighted by Crippen LogP contribution is 2.64. The number of para-hydroxylation sites is 1. The van der Waals surface area contributed by atoms with Gasteiger partial charge in [-0.3, -0.25) is 9.78 Å². The van der Waals surface area contributed by atoms with Gasteiger partial charge in [0, 0.05) is 17.1 Å². The van der Waals surface area contributed by atoms with Crippen LogP contribution >= 0.6 is 0 Å². The number of nitrogens with zero attached hydrogens (tertiary/aromatic N) is 1. The van der Waals surface area contributed by atoms with Crippen LogP contribution in [0.4, 0.5) is 0 Å². The van der Waals surface area contributed by atoms with E-state index in [2.05, 4.69) is 24.0 Å². The van der Waals surface area contributed by atoms with Gasteiger partial charge < -0.3 is 10.5 Å². The molecule has 29 heavy (non-hydrogen) atoms. The maximum Gasteiger partial charge on any atom is 0.248 e. The Bertz CT molecular complexity index is 1050. The highest BCUT2D eigenvalue weighted by atomic mass is 16.5. The van der Waals surface area contributed by atoms with Gasteiger partial charge in [-0.2, -0.15) is 0 Å². The number of carbonyl (C=O) groups is 1. The molecule has 0 radical (unpaired) electrons. The van der Waals surface area contributed by atoms with Crippen molar-refractivity contribution in [1.82, 2.24) is 4.98 Å². The third-order valence-corrected chi connectivity index (χ3v) is 6.90. The van der Waals surface area contributed by atoms with Crippen LogP contribution in [0.15, 0.2) is 60.8 Å². The molecule has 1 amide bonds. The zero-order chi connectivity index (χ0) is 20.0. The van der Waals surface area contributed by atoms with Crippen molar-refractivity contribution in [3.8, 4) is 5.75 Å². The third kappa shape index (κ3) is 3.17. The second-order valence-electron chi connectivity index (χ2n) is 8.41. The molecule has 2 N–H and O–H groups in total. The molecule has 2 aromatic carbocycles. The van der Waals surface area contributed by atoms with Crippen molar-refractivity contribution in [3.05, 3.63) is 71.9 Å². The number of aromatic nitrogens is 1. The number of primary amides is 1. The first-order valence-electron chi connectivity index (χ1n) is 10.6. The standard InChI is InChI=1S/C25H26N2O2/c1-2-16(17-7-3-4-8-18(17)25(26)28)24-20-13-15(14-21(20)24)29-23-11-12-27-22-10-6-5-9-19(22)23/h3-12,15-16,20-21,24H,2,13-14H2,1H3,(H2,26,28)/t15?,16-,20+,21+,24?/m1/s1. The van der Waals surface area contributed by atoms with Gasteiger partial charge in [-0.05, 0) is 72.8 Å². The normalized spacial score (nSPS) is 24.2. The van der Waals surface area contributed by atoms with E-state index in [1.807, 2.05) is 48.7 Å². The lowest BCUT2D eigenvalue weighted by Crippen LogP contribution is -2.20. The smallest absolute Gasteiger partial charge is 0.248 e. The maximum absolute atomic E-state index is 11.9. The van der Waals surface area contributed by atoms with Gasteiger partial charge in [-0.15, -0.1) is 0 Å². The summed E-state index contributed by atoms with van der Waals surface area (Å²) < 4.78 is 6.40. The first-order valence-corrected chi connectivity index (χ1v) is 10.6. The number of hydrogen-bond acceptors (Lipinski definition) is 3. The number of amides is 1. The zero-order valence-electron chi connectivity index (χ0n) is 16.6. The van der Waals surface area contributed by atoms with Crippen molar-refractivity contribution >= 4 is 16.8 Å². The molecule has 2 saturated carbocycles. The van der Waals surface area contributed by atoms with E-state index in [1.54, 1.807) is 0 Å². The minimum Gasteiger partial charge on any atom is -0.490 e. The van der Waals surface area contributed by atoms with Crippen molar-refractivity contribution < 1.29 is 9.53 Å². The molecule has 0 saturated heterocycles. The fraction of sp³-hybridized carbons (Fsp3) is 0.360. The monoisotopic (exact) mass is 386 g/mol. The Morgan fingerprint density at radius 3 is 2.59 bits per heavy atom. The minimum absolute atomic E-state index is 0.260. The fourth-order valence-electron chi connectivity index (χ4n) is 5.63. The predicted octanol–water partition coefficient (Wildman–Crippen LogP) is 4.93. The van der Waals surface area contributed by atoms with E-state index in [-0.39, 0.29) is 12.0 Å². The van der Waals surface area contributed by atoms with Crippen LogP contribution in [0.5, 0.6) is 5.75 Å². The first kappa shape index (κ1) is 18.2. The molecule has 2 fully saturated rings. The molecule has 4 heteroatoms. The van der Waals surface area contributed by atoms with E-state index in [0.717, 1.165) is 41.5 Å². The van der Waals surface area contributed by atoms with Crippen molar-refractivity contribution in [1.29, 1.82) is 0 Å². The Balaban J connectivity index is 1.30. The van der Waals surface area contributed by atoms with E-state index in [0.29, 0.717) is 29.2 Å². The van der Waals surface area contributed by atoms with Gasteiger partial charge in [0.15, 0.2) is 0 Å². The van der Waals surface area contributed by atoms with Gasteiger partial charge in [0.25, 0.3) is 0 Å². The lowest BCUT2D eigenvalue weighted by atomic mass is 9.84. The molecule has 2 aliphatic rings. The summed E-state index contributed by atoms with van der Waals surface area (Å²) in [5.74, 6) is 3.00. The summed E-state index contributed by atoms with van der Waals surface area (Å²) in [5.41, 5.74) is 8.41. The molecular formula is C25H26N2O2. The third-order valence-electron chi connectivity index (χ3n) is 6.90. The molecule has 148 valence electrons. The van der Waals surface area contributed by atoms with Crippen LogP contribution in [0.25, 0.3) is 10.9 Å². The molecule has 0 aliphatic heterocycles. The number of carbonyl (C=O) groups excluding carboxylic acids is 1. The molecule has 1 heterocycles. The number of nitrogens with two attached hydrogens (primary N) is 1. The van der Waals surface area contributed by atoms with Gasteiger partial charge in [-0.1, -0.05) is 37.3 Å². The molecule has 3 atom stereocenters. The van der Waals surface area contributed by atoms with Crippen LogP contribution in [-0.2, 0) is 0 Å². The van der Waals surface area contributed by atoms with Crippen LogP contribution in [0.1, 0.15) is 48.0 Å². The van der Waals surface area contributed by atoms with Crippen LogP contribution in [0.3, 0.4) is 0 Å². The summed E-state index contributed by atoms with van der Waals surface area (Å²) in [6.07, 6.45) is 5.28. The predicted molar refractivity (Wildman–Crippen MR) is 114 cm³/mol. The number of benzene rings is 2. The topological polar surface area (TPSA) is 65.2 Å². The molecule has 4 nitrogen and oxygen atoms in total. The number of rotatable bonds is 6. The summed E-state index contributed by atoms with van der Waals surface area (Å²) >= 11 is 0. The highest BCUT2D eigenvalue weighted by molar-refractivity contribution is 5.94. The van der Waals surface area contributed by atoms with Crippen LogP contribution in [0.2, 0.25) is 0 Å². The van der Waals surface area contributed by atoms with Gasteiger partial charge in [0.05, 0.1) is 11.6 Å². The van der Waals surface area contributed by atoms with E-state index >= 15 is 0 Å². The van der Waals surface area contributed by atoms with Gasteiger partial charge in [0.1, 0.15) is 5.75 Å². The van der Waals surface area contributed by atoms with Crippen LogP contribution < -0.4 is 10.5 Å². The second kappa shape index (κ2) is 7.18. The van der Waals surface area contributed by atoms with Gasteiger partial charge >= 0.3 is 0 Å². The van der Waals surface area contributed by atoms with E-state index in [9.17, 15) is 4.79 Å². The van der Waals surface area contributed by atoms with Crippen molar-refractivity contribution in [2.45, 2.75) is 38.2 Å². The fourth-order valence-corrected chi connectivity index (χ4v) is 5.63. The minimum atomic E-state index is -0.323. The molecule has 1 aromatic heterocycles. The summed E-state index contributed by atoms with van der Waals surface area (Å²) in [6, 6.07) is 18.0. The first-order chi connectivity index (χ1) is 14.2. The van der Waals surface area contributed by atoms with Crippen molar-refractivity contribution in [3.63, 3.8) is 0 Å². The maximum atomic E-state index is 11.9. The number of hydrogen-bond donors (Lipinski definition) is 1.